The molecule has 0 radical (unpaired) electrons. The van der Waals surface area contributed by atoms with Gasteiger partial charge in [-0.3, -0.25) is 28.8 Å². The Morgan fingerprint density at radius 2 is 1.43 bits per heavy atom. The van der Waals surface area contributed by atoms with E-state index >= 15 is 0 Å². The molecule has 19 nitrogen and oxygen atoms in total. The van der Waals surface area contributed by atoms with Crippen molar-refractivity contribution in [2.24, 2.45) is 0 Å². The van der Waals surface area contributed by atoms with Gasteiger partial charge >= 0.3 is 29.8 Å². The number of halogens is 1. The average Bonchev–Trinajstić information content (AvgIpc) is 3.56. The Hall–Kier alpha value is -5.63. The van der Waals surface area contributed by atoms with E-state index in [2.05, 4.69) is 10.3 Å². The van der Waals surface area contributed by atoms with Gasteiger partial charge in [-0.25, -0.2) is 9.78 Å². The molecule has 56 heavy (non-hydrogen) atoms. The number of methoxy groups -OCH3 is 1. The van der Waals surface area contributed by atoms with Crippen LogP contribution in [0.15, 0.2) is 48.8 Å². The third-order valence-corrected chi connectivity index (χ3v) is 8.48. The molecule has 0 aliphatic carbocycles. The molecule has 2 fully saturated rings. The lowest BCUT2D eigenvalue weighted by molar-refractivity contribution is -0.295. The highest BCUT2D eigenvalue weighted by molar-refractivity contribution is 6.67. The maximum Gasteiger partial charge on any atom is 0.335 e. The maximum absolute atomic E-state index is 13.0. The topological polar surface area (TPSA) is 232 Å². The van der Waals surface area contributed by atoms with Crippen LogP contribution >= 0.6 is 11.6 Å². The molecule has 0 bridgehead atoms. The van der Waals surface area contributed by atoms with Gasteiger partial charge in [0.25, 0.3) is 11.1 Å². The number of carbonyl (C=O) groups is 7. The van der Waals surface area contributed by atoms with Gasteiger partial charge in [0.2, 0.25) is 6.29 Å². The van der Waals surface area contributed by atoms with Crippen LogP contribution in [0.2, 0.25) is 0 Å². The van der Waals surface area contributed by atoms with Crippen LogP contribution < -0.4 is 10.1 Å². The zero-order valence-electron chi connectivity index (χ0n) is 30.7. The highest BCUT2D eigenvalue weighted by atomic mass is 35.5. The molecular formula is C36H38ClN3O16. The van der Waals surface area contributed by atoms with Crippen LogP contribution in [-0.2, 0) is 61.9 Å². The van der Waals surface area contributed by atoms with Gasteiger partial charge in [0, 0.05) is 52.1 Å². The lowest BCUT2D eigenvalue weighted by Gasteiger charge is -2.42. The summed E-state index contributed by atoms with van der Waals surface area (Å²) in [6, 6.07) is 9.20. The molecule has 1 aromatic carbocycles. The van der Waals surface area contributed by atoms with Crippen LogP contribution in [0.4, 0.5) is 5.69 Å². The van der Waals surface area contributed by atoms with E-state index in [1.807, 2.05) is 0 Å². The molecule has 2 unspecified atom stereocenters. The third-order valence-electron chi connectivity index (χ3n) is 8.29. The fraction of sp³-hybridized carbons (Fsp3) is 0.444. The zero-order chi connectivity index (χ0) is 40.7. The molecule has 1 N–H and O–H groups in total. The van der Waals surface area contributed by atoms with Gasteiger partial charge in [-0.05, 0) is 48.0 Å². The SMILES string of the molecule is COC(=O)C1C[C@H](OC(C)=O)[C@@H](OC(C)=O)[C@H](OC[C@H]2OC(Oc3ccc(C(=O)Nc4ccc5nc(C(=O)Cl)cn5c4)cc3)C[C@@H](OC(C)=O)[C@H]2OC(C)=O)O1. The van der Waals surface area contributed by atoms with Crippen molar-refractivity contribution < 1.29 is 76.2 Å². The van der Waals surface area contributed by atoms with Crippen molar-refractivity contribution >= 4 is 63.9 Å². The van der Waals surface area contributed by atoms with Gasteiger partial charge in [0.15, 0.2) is 24.6 Å². The van der Waals surface area contributed by atoms with E-state index in [9.17, 15) is 33.6 Å². The van der Waals surface area contributed by atoms with Crippen molar-refractivity contribution in [3.63, 3.8) is 0 Å². The van der Waals surface area contributed by atoms with Crippen LogP contribution in [0.25, 0.3) is 5.65 Å². The number of pyridine rings is 1. The Balaban J connectivity index is 1.32. The fourth-order valence-electron chi connectivity index (χ4n) is 6.05. The molecule has 0 spiro atoms. The lowest BCUT2D eigenvalue weighted by Crippen LogP contribution is -2.57. The highest BCUT2D eigenvalue weighted by Gasteiger charge is 2.49. The molecule has 300 valence electrons. The molecule has 2 aromatic heterocycles. The van der Waals surface area contributed by atoms with Crippen molar-refractivity contribution in [3.05, 3.63) is 60.0 Å². The monoisotopic (exact) mass is 803 g/mol. The number of aromatic nitrogens is 2. The van der Waals surface area contributed by atoms with Crippen LogP contribution in [-0.4, -0.2) is 113 Å². The second-order valence-corrected chi connectivity index (χ2v) is 12.9. The van der Waals surface area contributed by atoms with Crippen molar-refractivity contribution in [2.45, 2.75) is 89.7 Å². The quantitative estimate of drug-likeness (QED) is 0.149. The Morgan fingerprint density at radius 3 is 2.04 bits per heavy atom. The summed E-state index contributed by atoms with van der Waals surface area (Å²) in [5, 5.41) is 2.04. The Bertz CT molecular complexity index is 1970. The average molecular weight is 804 g/mol. The minimum Gasteiger partial charge on any atom is -0.467 e. The predicted molar refractivity (Wildman–Crippen MR) is 187 cm³/mol. The summed E-state index contributed by atoms with van der Waals surface area (Å²) in [6.45, 7) is 4.08. The summed E-state index contributed by atoms with van der Waals surface area (Å²) in [4.78, 5) is 89.4. The lowest BCUT2D eigenvalue weighted by atomic mass is 10.00. The molecule has 4 heterocycles. The number of ether oxygens (including phenoxy) is 9. The molecule has 20 heteroatoms. The second kappa shape index (κ2) is 18.3. The van der Waals surface area contributed by atoms with E-state index in [1.54, 1.807) is 22.7 Å². The van der Waals surface area contributed by atoms with Crippen molar-refractivity contribution in [1.29, 1.82) is 0 Å². The number of nitrogens with one attached hydrogen (secondary N) is 1. The Morgan fingerprint density at radius 1 is 0.804 bits per heavy atom. The van der Waals surface area contributed by atoms with Crippen LogP contribution in [0.3, 0.4) is 0 Å². The van der Waals surface area contributed by atoms with Crippen LogP contribution in [0.5, 0.6) is 5.75 Å². The number of rotatable bonds is 13. The Kier molecular flexibility index (Phi) is 13.6. The molecule has 1 amide bonds. The number of amides is 1. The third kappa shape index (κ3) is 10.8. The van der Waals surface area contributed by atoms with Gasteiger partial charge in [-0.2, -0.15) is 0 Å². The van der Waals surface area contributed by atoms with Gasteiger partial charge in [-0.15, -0.1) is 0 Å². The molecule has 0 saturated carbocycles. The molecule has 2 saturated heterocycles. The van der Waals surface area contributed by atoms with E-state index in [4.69, 9.17) is 54.2 Å². The summed E-state index contributed by atoms with van der Waals surface area (Å²) >= 11 is 5.52. The summed E-state index contributed by atoms with van der Waals surface area (Å²) in [5.41, 5.74) is 1.19. The number of carbonyl (C=O) groups excluding carboxylic acids is 7. The Labute approximate surface area is 323 Å². The first-order chi connectivity index (χ1) is 26.6. The summed E-state index contributed by atoms with van der Waals surface area (Å²) in [5.74, 6) is -3.96. The molecular weight excluding hydrogens is 766 g/mol. The summed E-state index contributed by atoms with van der Waals surface area (Å²) in [6.07, 6.45) is -7.36. The van der Waals surface area contributed by atoms with Gasteiger partial charge in [-0.1, -0.05) is 0 Å². The molecule has 3 aromatic rings. The molecule has 2 aliphatic rings. The van der Waals surface area contributed by atoms with E-state index in [1.165, 1.54) is 37.4 Å². The predicted octanol–water partition coefficient (Wildman–Crippen LogP) is 2.49. The standard InChI is InChI=1S/C36H38ClN3O16/c1-17(41)50-25-12-27(35(47)48-5)56-36(32(25)53-20(4)44)49-16-28-31(52-19(3)43)26(51-18(2)42)13-30(55-28)54-23-9-6-21(7-10-23)34(46)38-22-8-11-29-39-24(33(37)45)15-40(29)14-22/h6-11,14-15,25-28,30-32,36H,12-13,16H2,1-5H3,(H,38,46)/t25-,26+,27?,28+,30?,31+,32+,36+/m0/s1. The first-order valence-corrected chi connectivity index (χ1v) is 17.4. The molecule has 8 atom stereocenters. The number of esters is 5. The van der Waals surface area contributed by atoms with Crippen molar-refractivity contribution in [1.82, 2.24) is 9.38 Å². The molecule has 5 rings (SSSR count). The van der Waals surface area contributed by atoms with E-state index < -0.39 is 96.8 Å². The van der Waals surface area contributed by atoms with E-state index in [0.717, 1.165) is 27.9 Å². The van der Waals surface area contributed by atoms with Crippen LogP contribution in [0.1, 0.15) is 61.4 Å². The zero-order valence-corrected chi connectivity index (χ0v) is 31.4. The van der Waals surface area contributed by atoms with E-state index in [-0.39, 0.29) is 29.8 Å². The molecule has 2 aliphatic heterocycles. The number of hydrogen-bond acceptors (Lipinski definition) is 17. The van der Waals surface area contributed by atoms with Gasteiger partial charge in [0.05, 0.1) is 25.8 Å². The van der Waals surface area contributed by atoms with E-state index in [0.29, 0.717) is 11.3 Å². The minimum absolute atomic E-state index is 0.0573. The second-order valence-electron chi connectivity index (χ2n) is 12.5. The number of fused-ring (bicyclic) bond motifs is 1. The van der Waals surface area contributed by atoms with Crippen molar-refractivity contribution in [3.8, 4) is 5.75 Å². The summed E-state index contributed by atoms with van der Waals surface area (Å²) in [7, 11) is 1.13. The van der Waals surface area contributed by atoms with Gasteiger partial charge in [0.1, 0.15) is 35.4 Å². The highest BCUT2D eigenvalue weighted by Crippen LogP contribution is 2.32. The first-order valence-electron chi connectivity index (χ1n) is 17.1. The van der Waals surface area contributed by atoms with Crippen LogP contribution in [0, 0.1) is 0 Å². The number of nitrogens with zero attached hydrogens (tertiary/aromatic N) is 2. The number of anilines is 1. The first kappa shape index (κ1) is 41.5. The largest absolute Gasteiger partial charge is 0.467 e. The smallest absolute Gasteiger partial charge is 0.335 e. The minimum atomic E-state index is -1.52. The number of imidazole rings is 1. The van der Waals surface area contributed by atoms with Gasteiger partial charge < -0.3 is 52.3 Å². The summed E-state index contributed by atoms with van der Waals surface area (Å²) < 4.78 is 52.0. The normalized spacial score (nSPS) is 24.6. The maximum atomic E-state index is 13.0. The fourth-order valence-corrected chi connectivity index (χ4v) is 6.14. The number of hydrogen-bond donors (Lipinski definition) is 1. The number of benzene rings is 1. The van der Waals surface area contributed by atoms with Crippen molar-refractivity contribution in [2.75, 3.05) is 19.0 Å².